The molecule has 0 heterocycles. The van der Waals surface area contributed by atoms with Gasteiger partial charge in [-0.05, 0) is 0 Å². The molecule has 15 heavy (non-hydrogen) atoms. The highest BCUT2D eigenvalue weighted by atomic mass is 35.5. The summed E-state index contributed by atoms with van der Waals surface area (Å²) in [7, 11) is 5.77. The van der Waals surface area contributed by atoms with E-state index in [0.29, 0.717) is 24.1 Å². The molecule has 0 aromatic heterocycles. The van der Waals surface area contributed by atoms with E-state index in [1.54, 1.807) is 0 Å². The standard InChI is InChI=1S/C9H21N2O3.ClH/c1-11(2,3)8-9(14)10(4-6-12)5-7-13;/h12-13H,4-8H2,1-3H3;1H/q+1;/p-1. The molecule has 0 saturated heterocycles. The van der Waals surface area contributed by atoms with Gasteiger partial charge in [0.05, 0.1) is 34.4 Å². The van der Waals surface area contributed by atoms with Crippen molar-refractivity contribution in [2.75, 3.05) is 54.0 Å². The lowest BCUT2D eigenvalue weighted by Gasteiger charge is -2.27. The Morgan fingerprint density at radius 1 is 1.13 bits per heavy atom. The molecule has 0 spiro atoms. The number of likely N-dealkylation sites (N-methyl/N-ethyl adjacent to an activating group) is 1. The van der Waals surface area contributed by atoms with Crippen molar-refractivity contribution in [1.82, 2.24) is 4.90 Å². The van der Waals surface area contributed by atoms with Crippen LogP contribution in [0.4, 0.5) is 0 Å². The average Bonchev–Trinajstić information content (AvgIpc) is 2.01. The van der Waals surface area contributed by atoms with E-state index < -0.39 is 0 Å². The van der Waals surface area contributed by atoms with E-state index in [1.165, 1.54) is 4.90 Å². The Morgan fingerprint density at radius 2 is 1.53 bits per heavy atom. The van der Waals surface area contributed by atoms with E-state index in [9.17, 15) is 4.79 Å². The van der Waals surface area contributed by atoms with E-state index in [4.69, 9.17) is 10.2 Å². The number of nitrogens with zero attached hydrogens (tertiary/aromatic N) is 2. The van der Waals surface area contributed by atoms with Crippen LogP contribution in [0.1, 0.15) is 0 Å². The van der Waals surface area contributed by atoms with E-state index in [-0.39, 0.29) is 31.5 Å². The molecule has 1 amide bonds. The Hall–Kier alpha value is -0.360. The van der Waals surface area contributed by atoms with Gasteiger partial charge in [0.25, 0.3) is 5.91 Å². The van der Waals surface area contributed by atoms with Crippen molar-refractivity contribution in [3.05, 3.63) is 0 Å². The molecule has 0 atom stereocenters. The smallest absolute Gasteiger partial charge is 0.277 e. The van der Waals surface area contributed by atoms with Gasteiger partial charge in [0.15, 0.2) is 6.54 Å². The second-order valence-corrected chi connectivity index (χ2v) is 4.28. The van der Waals surface area contributed by atoms with Gasteiger partial charge >= 0.3 is 0 Å². The Morgan fingerprint density at radius 3 is 1.80 bits per heavy atom. The summed E-state index contributed by atoms with van der Waals surface area (Å²) in [5.74, 6) is -0.0411. The monoisotopic (exact) mass is 240 g/mol. The van der Waals surface area contributed by atoms with Crippen LogP contribution >= 0.6 is 0 Å². The van der Waals surface area contributed by atoms with Crippen molar-refractivity contribution < 1.29 is 31.9 Å². The third kappa shape index (κ3) is 8.62. The molecular formula is C9H21ClN2O3. The number of rotatable bonds is 6. The summed E-state index contributed by atoms with van der Waals surface area (Å²) in [6, 6.07) is 0. The number of carbonyl (C=O) groups excluding carboxylic acids is 1. The molecule has 0 bridgehead atoms. The molecule has 0 fully saturated rings. The van der Waals surface area contributed by atoms with Gasteiger partial charge in [0, 0.05) is 13.1 Å². The first kappa shape index (κ1) is 17.0. The molecule has 0 aliphatic carbocycles. The molecule has 2 N–H and O–H groups in total. The molecular weight excluding hydrogens is 220 g/mol. The first-order valence-electron chi connectivity index (χ1n) is 4.70. The van der Waals surface area contributed by atoms with E-state index in [2.05, 4.69) is 0 Å². The van der Waals surface area contributed by atoms with Crippen LogP contribution in [-0.2, 0) is 4.79 Å². The summed E-state index contributed by atoms with van der Waals surface area (Å²) in [5.41, 5.74) is 0. The van der Waals surface area contributed by atoms with Crippen molar-refractivity contribution in [3.63, 3.8) is 0 Å². The van der Waals surface area contributed by atoms with Gasteiger partial charge in [0.1, 0.15) is 0 Å². The topological polar surface area (TPSA) is 60.8 Å². The number of aliphatic hydroxyl groups is 2. The van der Waals surface area contributed by atoms with Crippen LogP contribution in [0.15, 0.2) is 0 Å². The molecule has 92 valence electrons. The molecule has 0 unspecified atom stereocenters. The van der Waals surface area contributed by atoms with Crippen LogP contribution in [0.25, 0.3) is 0 Å². The van der Waals surface area contributed by atoms with Crippen molar-refractivity contribution in [2.24, 2.45) is 0 Å². The SMILES string of the molecule is C[N+](C)(C)CC(=O)N(CCO)CCO.[Cl-]. The zero-order valence-electron chi connectivity index (χ0n) is 9.61. The van der Waals surface area contributed by atoms with Crippen LogP contribution in [0, 0.1) is 0 Å². The number of hydrogen-bond acceptors (Lipinski definition) is 3. The predicted molar refractivity (Wildman–Crippen MR) is 53.7 cm³/mol. The Labute approximate surface area is 97.3 Å². The number of halogens is 1. The highest BCUT2D eigenvalue weighted by Gasteiger charge is 2.19. The second kappa shape index (κ2) is 7.87. The van der Waals surface area contributed by atoms with Gasteiger partial charge in [-0.3, -0.25) is 4.79 Å². The van der Waals surface area contributed by atoms with Gasteiger partial charge in [-0.25, -0.2) is 0 Å². The molecule has 6 heteroatoms. The summed E-state index contributed by atoms with van der Waals surface area (Å²) in [6.45, 7) is 0.824. The first-order chi connectivity index (χ1) is 6.40. The normalized spacial score (nSPS) is 10.7. The maximum Gasteiger partial charge on any atom is 0.277 e. The fourth-order valence-electron chi connectivity index (χ4n) is 1.11. The van der Waals surface area contributed by atoms with Gasteiger partial charge in [-0.1, -0.05) is 0 Å². The zero-order chi connectivity index (χ0) is 11.2. The minimum atomic E-state index is -0.0666. The number of aliphatic hydroxyl groups excluding tert-OH is 2. The Balaban J connectivity index is 0. The molecule has 5 nitrogen and oxygen atoms in total. The lowest BCUT2D eigenvalue weighted by atomic mass is 10.4. The van der Waals surface area contributed by atoms with E-state index in [0.717, 1.165) is 0 Å². The summed E-state index contributed by atoms with van der Waals surface area (Å²) >= 11 is 0. The molecule has 0 saturated carbocycles. The van der Waals surface area contributed by atoms with Crippen LogP contribution < -0.4 is 12.4 Å². The Kier molecular flexibility index (Phi) is 8.95. The number of hydrogen-bond donors (Lipinski definition) is 2. The highest BCUT2D eigenvalue weighted by Crippen LogP contribution is 1.95. The third-order valence-electron chi connectivity index (χ3n) is 1.70. The summed E-state index contributed by atoms with van der Waals surface area (Å²) in [4.78, 5) is 13.1. The van der Waals surface area contributed by atoms with Crippen LogP contribution in [0.5, 0.6) is 0 Å². The quantitative estimate of drug-likeness (QED) is 0.461. The Bertz CT molecular complexity index is 177. The van der Waals surface area contributed by atoms with Gasteiger partial charge in [0.2, 0.25) is 0 Å². The maximum absolute atomic E-state index is 11.6. The molecule has 0 radical (unpaired) electrons. The van der Waals surface area contributed by atoms with Crippen LogP contribution in [-0.4, -0.2) is 79.5 Å². The summed E-state index contributed by atoms with van der Waals surface area (Å²) in [6.07, 6.45) is 0. The van der Waals surface area contributed by atoms with Crippen molar-refractivity contribution in [1.29, 1.82) is 0 Å². The summed E-state index contributed by atoms with van der Waals surface area (Å²) in [5, 5.41) is 17.5. The van der Waals surface area contributed by atoms with Gasteiger partial charge in [-0.2, -0.15) is 0 Å². The van der Waals surface area contributed by atoms with Crippen molar-refractivity contribution in [2.45, 2.75) is 0 Å². The molecule has 0 aliphatic rings. The molecule has 0 aromatic carbocycles. The lowest BCUT2D eigenvalue weighted by molar-refractivity contribution is -0.862. The van der Waals surface area contributed by atoms with Crippen molar-refractivity contribution in [3.8, 4) is 0 Å². The minimum absolute atomic E-state index is 0. The fraction of sp³-hybridized carbons (Fsp3) is 0.889. The fourth-order valence-corrected chi connectivity index (χ4v) is 1.11. The highest BCUT2D eigenvalue weighted by molar-refractivity contribution is 5.77. The number of carbonyl (C=O) groups is 1. The maximum atomic E-state index is 11.6. The lowest BCUT2D eigenvalue weighted by Crippen LogP contribution is -3.00. The third-order valence-corrected chi connectivity index (χ3v) is 1.70. The van der Waals surface area contributed by atoms with E-state index in [1.807, 2.05) is 21.1 Å². The summed E-state index contributed by atoms with van der Waals surface area (Å²) < 4.78 is 0.548. The predicted octanol–water partition coefficient (Wildman–Crippen LogP) is -4.49. The van der Waals surface area contributed by atoms with Gasteiger partial charge in [-0.15, -0.1) is 0 Å². The average molecular weight is 241 g/mol. The van der Waals surface area contributed by atoms with E-state index >= 15 is 0 Å². The molecule has 0 aromatic rings. The van der Waals surface area contributed by atoms with Crippen molar-refractivity contribution >= 4 is 5.91 Å². The molecule has 0 aliphatic heterocycles. The van der Waals surface area contributed by atoms with Crippen LogP contribution in [0.3, 0.4) is 0 Å². The number of amides is 1. The number of quaternary nitrogens is 1. The first-order valence-corrected chi connectivity index (χ1v) is 4.70. The molecule has 0 rings (SSSR count). The van der Waals surface area contributed by atoms with Gasteiger partial charge < -0.3 is 32.0 Å². The van der Waals surface area contributed by atoms with Crippen LogP contribution in [0.2, 0.25) is 0 Å². The zero-order valence-corrected chi connectivity index (χ0v) is 10.4. The minimum Gasteiger partial charge on any atom is -1.00 e. The largest absolute Gasteiger partial charge is 1.00 e. The second-order valence-electron chi connectivity index (χ2n) is 4.28.